The molecule has 5 nitrogen and oxygen atoms in total. The Hall–Kier alpha value is -2.25. The highest BCUT2D eigenvalue weighted by molar-refractivity contribution is 5.91. The van der Waals surface area contributed by atoms with Gasteiger partial charge in [-0.2, -0.15) is 13.2 Å². The molecule has 3 aliphatic rings. The fourth-order valence-corrected chi connectivity index (χ4v) is 3.60. The summed E-state index contributed by atoms with van der Waals surface area (Å²) in [5.74, 6) is -0.387. The number of hydrogen-bond acceptors (Lipinski definition) is 2. The maximum absolute atomic E-state index is 12.7. The molecule has 0 spiro atoms. The van der Waals surface area contributed by atoms with Gasteiger partial charge in [-0.15, -0.1) is 0 Å². The summed E-state index contributed by atoms with van der Waals surface area (Å²) in [5.41, 5.74) is 0.907. The second kappa shape index (κ2) is 5.14. The third-order valence-corrected chi connectivity index (χ3v) is 4.78. The van der Waals surface area contributed by atoms with Crippen LogP contribution in [0.4, 0.5) is 18.0 Å². The zero-order valence-electron chi connectivity index (χ0n) is 12.1. The van der Waals surface area contributed by atoms with Gasteiger partial charge in [0.05, 0.1) is 17.0 Å². The van der Waals surface area contributed by atoms with Gasteiger partial charge in [0, 0.05) is 0 Å². The number of amides is 2. The minimum atomic E-state index is -4.43. The van der Waals surface area contributed by atoms with Gasteiger partial charge in [0.25, 0.3) is 5.91 Å². The number of fused-ring (bicyclic) bond motifs is 3. The Bertz CT molecular complexity index is 634. The summed E-state index contributed by atoms with van der Waals surface area (Å²) >= 11 is 0. The van der Waals surface area contributed by atoms with E-state index in [1.54, 1.807) is 0 Å². The third kappa shape index (κ3) is 2.51. The normalized spacial score (nSPS) is 27.2. The summed E-state index contributed by atoms with van der Waals surface area (Å²) in [5, 5.41) is 9.98. The quantitative estimate of drug-likeness (QED) is 0.877. The highest BCUT2D eigenvalue weighted by Crippen LogP contribution is 2.47. The summed E-state index contributed by atoms with van der Waals surface area (Å²) in [6.45, 7) is 0. The number of nitrogens with zero attached hydrogens (tertiary/aromatic N) is 1. The van der Waals surface area contributed by atoms with Crippen LogP contribution in [0.5, 0.6) is 0 Å². The standard InChI is InChI=1S/C15H15F3N2O3/c16-15(17,18)10-3-1-9(2-4-10)14-7-5-11(6-8-14)20(12(14)21)19-13(22)23/h1-4,11,19H,5-8H2,(H,22,23). The Morgan fingerprint density at radius 1 is 1.22 bits per heavy atom. The molecule has 2 heterocycles. The molecule has 1 aromatic rings. The van der Waals surface area contributed by atoms with Crippen LogP contribution in [0.2, 0.25) is 0 Å². The van der Waals surface area contributed by atoms with Gasteiger partial charge >= 0.3 is 12.3 Å². The van der Waals surface area contributed by atoms with Crippen LogP contribution in [-0.4, -0.2) is 28.2 Å². The van der Waals surface area contributed by atoms with E-state index in [2.05, 4.69) is 5.43 Å². The summed E-state index contributed by atoms with van der Waals surface area (Å²) in [6.07, 6.45) is -3.49. The van der Waals surface area contributed by atoms with Crippen molar-refractivity contribution in [3.05, 3.63) is 35.4 Å². The molecule has 4 rings (SSSR count). The van der Waals surface area contributed by atoms with Crippen molar-refractivity contribution in [2.45, 2.75) is 43.3 Å². The molecule has 2 bridgehead atoms. The monoisotopic (exact) mass is 328 g/mol. The number of carboxylic acid groups (broad SMARTS) is 1. The van der Waals surface area contributed by atoms with Crippen molar-refractivity contribution in [3.63, 3.8) is 0 Å². The maximum Gasteiger partial charge on any atom is 0.423 e. The van der Waals surface area contributed by atoms with Crippen LogP contribution in [0.25, 0.3) is 0 Å². The average molecular weight is 328 g/mol. The number of rotatable bonds is 2. The molecule has 2 aliphatic heterocycles. The van der Waals surface area contributed by atoms with Crippen molar-refractivity contribution in [1.29, 1.82) is 0 Å². The highest BCUT2D eigenvalue weighted by Gasteiger charge is 2.53. The van der Waals surface area contributed by atoms with E-state index in [-0.39, 0.29) is 11.9 Å². The number of carbonyl (C=O) groups is 2. The van der Waals surface area contributed by atoms with E-state index in [9.17, 15) is 22.8 Å². The number of alkyl halides is 3. The van der Waals surface area contributed by atoms with Crippen molar-refractivity contribution >= 4 is 12.0 Å². The molecule has 0 atom stereocenters. The third-order valence-electron chi connectivity index (χ3n) is 4.78. The first-order valence-electron chi connectivity index (χ1n) is 7.25. The van der Waals surface area contributed by atoms with Crippen LogP contribution < -0.4 is 5.43 Å². The van der Waals surface area contributed by atoms with Crippen molar-refractivity contribution in [2.24, 2.45) is 0 Å². The smallest absolute Gasteiger partial charge is 0.423 e. The van der Waals surface area contributed by atoms with E-state index < -0.39 is 23.2 Å². The molecule has 124 valence electrons. The van der Waals surface area contributed by atoms with Gasteiger partial charge in [0.1, 0.15) is 0 Å². The molecule has 0 radical (unpaired) electrons. The lowest BCUT2D eigenvalue weighted by molar-refractivity contribution is -0.154. The van der Waals surface area contributed by atoms with Crippen molar-refractivity contribution < 1.29 is 27.9 Å². The van der Waals surface area contributed by atoms with Gasteiger partial charge in [0.15, 0.2) is 0 Å². The van der Waals surface area contributed by atoms with Gasteiger partial charge in [0.2, 0.25) is 0 Å². The molecule has 0 unspecified atom stereocenters. The number of nitrogens with one attached hydrogen (secondary N) is 1. The molecule has 23 heavy (non-hydrogen) atoms. The molecule has 2 amide bonds. The minimum Gasteiger partial charge on any atom is -0.464 e. The first kappa shape index (κ1) is 15.6. The highest BCUT2D eigenvalue weighted by atomic mass is 19.4. The van der Waals surface area contributed by atoms with Crippen LogP contribution in [0, 0.1) is 0 Å². The Labute approximate surface area is 130 Å². The van der Waals surface area contributed by atoms with Crippen LogP contribution >= 0.6 is 0 Å². The van der Waals surface area contributed by atoms with Gasteiger partial charge in [-0.1, -0.05) is 12.1 Å². The largest absolute Gasteiger partial charge is 0.464 e. The lowest BCUT2D eigenvalue weighted by atomic mass is 9.64. The molecule has 0 aromatic heterocycles. The van der Waals surface area contributed by atoms with Crippen LogP contribution in [0.1, 0.15) is 36.8 Å². The Kier molecular flexibility index (Phi) is 3.50. The average Bonchev–Trinajstić information content (AvgIpc) is 2.50. The predicted molar refractivity (Wildman–Crippen MR) is 73.4 cm³/mol. The van der Waals surface area contributed by atoms with Crippen molar-refractivity contribution in [1.82, 2.24) is 10.4 Å². The van der Waals surface area contributed by atoms with Gasteiger partial charge < -0.3 is 5.11 Å². The first-order valence-corrected chi connectivity index (χ1v) is 7.25. The minimum absolute atomic E-state index is 0.185. The Morgan fingerprint density at radius 3 is 2.26 bits per heavy atom. The second-order valence-corrected chi connectivity index (χ2v) is 5.98. The van der Waals surface area contributed by atoms with Crippen molar-refractivity contribution in [3.8, 4) is 0 Å². The zero-order chi connectivity index (χ0) is 16.8. The SMILES string of the molecule is O=C(O)NN1C(=O)C2(c3ccc(C(F)(F)F)cc3)CCC1CC2. The van der Waals surface area contributed by atoms with Crippen molar-refractivity contribution in [2.75, 3.05) is 0 Å². The summed E-state index contributed by atoms with van der Waals surface area (Å²) < 4.78 is 38.0. The fourth-order valence-electron chi connectivity index (χ4n) is 3.60. The number of halogens is 3. The fraction of sp³-hybridized carbons (Fsp3) is 0.467. The predicted octanol–water partition coefficient (Wildman–Crippen LogP) is 2.91. The molecule has 3 fully saturated rings. The molecule has 2 saturated heterocycles. The van der Waals surface area contributed by atoms with Gasteiger partial charge in [-0.3, -0.25) is 4.79 Å². The Morgan fingerprint density at radius 2 is 1.78 bits per heavy atom. The van der Waals surface area contributed by atoms with E-state index in [0.29, 0.717) is 31.2 Å². The zero-order valence-corrected chi connectivity index (χ0v) is 12.1. The number of hydrogen-bond donors (Lipinski definition) is 2. The first-order chi connectivity index (χ1) is 10.7. The molecular formula is C15H15F3N2O3. The van der Waals surface area contributed by atoms with Crippen LogP contribution in [-0.2, 0) is 16.4 Å². The van der Waals surface area contributed by atoms with E-state index in [1.165, 1.54) is 12.1 Å². The number of carbonyl (C=O) groups excluding carboxylic acids is 1. The van der Waals surface area contributed by atoms with E-state index in [4.69, 9.17) is 5.11 Å². The maximum atomic E-state index is 12.7. The summed E-state index contributed by atoms with van der Waals surface area (Å²) in [7, 11) is 0. The number of hydrazine groups is 1. The molecule has 1 aromatic carbocycles. The van der Waals surface area contributed by atoms with E-state index >= 15 is 0 Å². The lowest BCUT2D eigenvalue weighted by Gasteiger charge is -2.51. The molecule has 1 saturated carbocycles. The van der Waals surface area contributed by atoms with Gasteiger partial charge in [-0.05, 0) is 43.4 Å². The molecule has 1 aliphatic carbocycles. The lowest BCUT2D eigenvalue weighted by Crippen LogP contribution is -2.65. The van der Waals surface area contributed by atoms with Crippen LogP contribution in [0.3, 0.4) is 0 Å². The topological polar surface area (TPSA) is 69.6 Å². The van der Waals surface area contributed by atoms with Crippen LogP contribution in [0.15, 0.2) is 24.3 Å². The molecular weight excluding hydrogens is 313 g/mol. The molecule has 8 heteroatoms. The molecule has 2 N–H and O–H groups in total. The van der Waals surface area contributed by atoms with Gasteiger partial charge in [-0.25, -0.2) is 15.2 Å². The Balaban J connectivity index is 1.94. The van der Waals surface area contributed by atoms with E-state index in [1.807, 2.05) is 0 Å². The van der Waals surface area contributed by atoms with E-state index in [0.717, 1.165) is 17.1 Å². The number of benzene rings is 1. The summed E-state index contributed by atoms with van der Waals surface area (Å²) in [4.78, 5) is 23.6. The second-order valence-electron chi connectivity index (χ2n) is 5.98. The summed E-state index contributed by atoms with van der Waals surface area (Å²) in [6, 6.07) is 4.39. The number of piperidine rings is 2.